The number of halogens is 3. The first-order chi connectivity index (χ1) is 7.72. The SMILES string of the molecule is O=S(=O)(O)C(F)(F)F.c1scc2c1OCCO2. The second-order valence-electron chi connectivity index (χ2n) is 2.72. The molecular formula is C7H7F3O5S2. The highest BCUT2D eigenvalue weighted by Gasteiger charge is 2.44. The average molecular weight is 292 g/mol. The van der Waals surface area contributed by atoms with Crippen molar-refractivity contribution in [2.45, 2.75) is 5.51 Å². The summed E-state index contributed by atoms with van der Waals surface area (Å²) >= 11 is 1.61. The van der Waals surface area contributed by atoms with Gasteiger partial charge in [0.15, 0.2) is 11.5 Å². The van der Waals surface area contributed by atoms with Gasteiger partial charge >= 0.3 is 15.6 Å². The van der Waals surface area contributed by atoms with Gasteiger partial charge in [0, 0.05) is 10.8 Å². The van der Waals surface area contributed by atoms with Crippen LogP contribution >= 0.6 is 11.3 Å². The van der Waals surface area contributed by atoms with E-state index in [1.54, 1.807) is 11.3 Å². The molecular weight excluding hydrogens is 285 g/mol. The van der Waals surface area contributed by atoms with Crippen molar-refractivity contribution in [2.75, 3.05) is 13.2 Å². The molecule has 10 heteroatoms. The van der Waals surface area contributed by atoms with Crippen LogP contribution in [0.1, 0.15) is 0 Å². The lowest BCUT2D eigenvalue weighted by Crippen LogP contribution is -2.21. The van der Waals surface area contributed by atoms with E-state index in [0.717, 1.165) is 11.5 Å². The van der Waals surface area contributed by atoms with Gasteiger partial charge in [0.2, 0.25) is 0 Å². The molecule has 1 aromatic rings. The molecule has 0 aromatic carbocycles. The van der Waals surface area contributed by atoms with Gasteiger partial charge < -0.3 is 9.47 Å². The summed E-state index contributed by atoms with van der Waals surface area (Å²) in [6, 6.07) is 0. The van der Waals surface area contributed by atoms with Crippen molar-refractivity contribution in [1.82, 2.24) is 0 Å². The van der Waals surface area contributed by atoms with E-state index >= 15 is 0 Å². The second kappa shape index (κ2) is 5.10. The minimum Gasteiger partial charge on any atom is -0.485 e. The molecule has 0 fully saturated rings. The summed E-state index contributed by atoms with van der Waals surface area (Å²) in [5, 5.41) is 3.91. The first kappa shape index (κ1) is 14.1. The maximum Gasteiger partial charge on any atom is 0.522 e. The molecule has 0 unspecified atom stereocenters. The second-order valence-corrected chi connectivity index (χ2v) is 4.87. The number of ether oxygens (including phenoxy) is 2. The van der Waals surface area contributed by atoms with Crippen LogP contribution in [0.2, 0.25) is 0 Å². The molecule has 5 nitrogen and oxygen atoms in total. The lowest BCUT2D eigenvalue weighted by molar-refractivity contribution is -0.0510. The van der Waals surface area contributed by atoms with Crippen LogP contribution in [0.15, 0.2) is 10.8 Å². The van der Waals surface area contributed by atoms with Crippen LogP contribution < -0.4 is 9.47 Å². The van der Waals surface area contributed by atoms with E-state index in [2.05, 4.69) is 0 Å². The summed E-state index contributed by atoms with van der Waals surface area (Å²) in [5.74, 6) is 1.79. The quantitative estimate of drug-likeness (QED) is 0.584. The minimum atomic E-state index is -5.84. The Hall–Kier alpha value is -1.00. The van der Waals surface area contributed by atoms with E-state index in [-0.39, 0.29) is 0 Å². The van der Waals surface area contributed by atoms with Gasteiger partial charge in [0.25, 0.3) is 0 Å². The van der Waals surface area contributed by atoms with Gasteiger partial charge in [-0.05, 0) is 0 Å². The minimum absolute atomic E-state index is 0.684. The molecule has 1 aromatic heterocycles. The molecule has 98 valence electrons. The molecule has 17 heavy (non-hydrogen) atoms. The predicted octanol–water partition coefficient (Wildman–Crippen LogP) is 1.91. The highest BCUT2D eigenvalue weighted by atomic mass is 32.2. The van der Waals surface area contributed by atoms with Crippen molar-refractivity contribution < 1.29 is 35.6 Å². The molecule has 2 heterocycles. The third-order valence-corrected chi connectivity index (χ3v) is 2.77. The largest absolute Gasteiger partial charge is 0.522 e. The third-order valence-electron chi connectivity index (χ3n) is 1.48. The maximum atomic E-state index is 10.7. The Morgan fingerprint density at radius 1 is 1.18 bits per heavy atom. The molecule has 0 atom stereocenters. The van der Waals surface area contributed by atoms with Crippen molar-refractivity contribution in [1.29, 1.82) is 0 Å². The molecule has 1 aliphatic heterocycles. The zero-order valence-electron chi connectivity index (χ0n) is 8.10. The number of thiophene rings is 1. The van der Waals surface area contributed by atoms with Crippen LogP contribution in [-0.4, -0.2) is 31.7 Å². The third kappa shape index (κ3) is 4.06. The van der Waals surface area contributed by atoms with Crippen molar-refractivity contribution in [3.8, 4) is 11.5 Å². The Morgan fingerprint density at radius 3 is 1.82 bits per heavy atom. The molecule has 1 N–H and O–H groups in total. The van der Waals surface area contributed by atoms with Gasteiger partial charge in [-0.3, -0.25) is 4.55 Å². The highest BCUT2D eigenvalue weighted by molar-refractivity contribution is 7.86. The molecule has 0 aliphatic carbocycles. The van der Waals surface area contributed by atoms with Gasteiger partial charge in [0.1, 0.15) is 13.2 Å². The van der Waals surface area contributed by atoms with E-state index in [1.165, 1.54) is 0 Å². The number of hydrogen-bond acceptors (Lipinski definition) is 5. The van der Waals surface area contributed by atoms with Gasteiger partial charge in [-0.15, -0.1) is 11.3 Å². The Kier molecular flexibility index (Phi) is 4.22. The first-order valence-corrected chi connectivity index (χ1v) is 6.45. The first-order valence-electron chi connectivity index (χ1n) is 4.07. The normalized spacial score (nSPS) is 14.8. The van der Waals surface area contributed by atoms with Gasteiger partial charge in [-0.2, -0.15) is 21.6 Å². The molecule has 2 rings (SSSR count). The molecule has 0 saturated carbocycles. The summed E-state index contributed by atoms with van der Waals surface area (Å²) in [7, 11) is -5.84. The molecule has 0 bridgehead atoms. The fraction of sp³-hybridized carbons (Fsp3) is 0.429. The standard InChI is InChI=1S/C6H6O2S.CHF3O3S/c1-2-8-6-4-9-3-5(6)7-1;2-1(3,4)8(5,6)7/h3-4H,1-2H2;(H,5,6,7). The van der Waals surface area contributed by atoms with Gasteiger partial charge in [0.05, 0.1) is 0 Å². The van der Waals surface area contributed by atoms with Crippen LogP contribution in [0.3, 0.4) is 0 Å². The van der Waals surface area contributed by atoms with Crippen molar-refractivity contribution in [3.05, 3.63) is 10.8 Å². The van der Waals surface area contributed by atoms with Gasteiger partial charge in [-0.1, -0.05) is 0 Å². The van der Waals surface area contributed by atoms with Crippen molar-refractivity contribution >= 4 is 21.5 Å². The summed E-state index contributed by atoms with van der Waals surface area (Å²) in [5.41, 5.74) is -5.53. The number of rotatable bonds is 0. The molecule has 1 aliphatic rings. The smallest absolute Gasteiger partial charge is 0.485 e. The Bertz CT molecular complexity index is 444. The zero-order chi connectivity index (χ0) is 13.1. The van der Waals surface area contributed by atoms with Gasteiger partial charge in [-0.25, -0.2) is 0 Å². The van der Waals surface area contributed by atoms with Crippen LogP contribution in [0.25, 0.3) is 0 Å². The number of alkyl halides is 3. The maximum absolute atomic E-state index is 10.7. The predicted molar refractivity (Wildman–Crippen MR) is 52.9 cm³/mol. The van der Waals surface area contributed by atoms with Crippen LogP contribution in [0, 0.1) is 0 Å². The fourth-order valence-electron chi connectivity index (χ4n) is 0.787. The lowest BCUT2D eigenvalue weighted by atomic mass is 10.5. The van der Waals surface area contributed by atoms with Crippen LogP contribution in [-0.2, 0) is 10.1 Å². The highest BCUT2D eigenvalue weighted by Crippen LogP contribution is 2.33. The fourth-order valence-corrected chi connectivity index (χ4v) is 1.47. The Morgan fingerprint density at radius 2 is 1.53 bits per heavy atom. The molecule has 0 saturated heterocycles. The van der Waals surface area contributed by atoms with E-state index in [1.807, 2.05) is 10.8 Å². The van der Waals surface area contributed by atoms with E-state index in [0.29, 0.717) is 13.2 Å². The molecule has 0 radical (unpaired) electrons. The van der Waals surface area contributed by atoms with E-state index in [9.17, 15) is 13.2 Å². The van der Waals surface area contributed by atoms with Crippen molar-refractivity contribution in [3.63, 3.8) is 0 Å². The van der Waals surface area contributed by atoms with E-state index < -0.39 is 15.6 Å². The number of hydrogen-bond donors (Lipinski definition) is 1. The molecule has 0 amide bonds. The Balaban J connectivity index is 0.000000172. The zero-order valence-corrected chi connectivity index (χ0v) is 9.73. The summed E-state index contributed by atoms with van der Waals surface area (Å²) < 4.78 is 68.0. The van der Waals surface area contributed by atoms with E-state index in [4.69, 9.17) is 22.4 Å². The van der Waals surface area contributed by atoms with Crippen LogP contribution in [0.5, 0.6) is 11.5 Å². The Labute approximate surface area is 98.5 Å². The molecule has 0 spiro atoms. The topological polar surface area (TPSA) is 72.8 Å². The summed E-state index contributed by atoms with van der Waals surface area (Å²) in [4.78, 5) is 0. The monoisotopic (exact) mass is 292 g/mol. The summed E-state index contributed by atoms with van der Waals surface area (Å²) in [6.07, 6.45) is 0. The number of fused-ring (bicyclic) bond motifs is 1. The lowest BCUT2D eigenvalue weighted by Gasteiger charge is -2.13. The van der Waals surface area contributed by atoms with Crippen molar-refractivity contribution in [2.24, 2.45) is 0 Å². The summed E-state index contributed by atoms with van der Waals surface area (Å²) in [6.45, 7) is 1.37. The average Bonchev–Trinajstić information content (AvgIpc) is 2.62. The van der Waals surface area contributed by atoms with Crippen LogP contribution in [0.4, 0.5) is 13.2 Å².